The first kappa shape index (κ1) is 39.2. The molecule has 8 heteroatoms. The summed E-state index contributed by atoms with van der Waals surface area (Å²) < 4.78 is 0. The van der Waals surface area contributed by atoms with Crippen LogP contribution in [-0.2, 0) is 9.59 Å². The smallest absolute Gasteiger partial charge is 0.220 e. The second-order valence-corrected chi connectivity index (χ2v) is 14.4. The molecule has 0 fully saturated rings. The fourth-order valence-corrected chi connectivity index (χ4v) is 7.48. The molecule has 0 radical (unpaired) electrons. The highest BCUT2D eigenvalue weighted by Gasteiger charge is 2.23. The van der Waals surface area contributed by atoms with Crippen LogP contribution in [0.4, 0.5) is 0 Å². The van der Waals surface area contributed by atoms with Gasteiger partial charge in [0.1, 0.15) is 0 Å². The van der Waals surface area contributed by atoms with Crippen molar-refractivity contribution in [2.45, 2.75) is 112 Å². The van der Waals surface area contributed by atoms with Gasteiger partial charge in [-0.1, -0.05) is 77.2 Å². The van der Waals surface area contributed by atoms with E-state index in [0.29, 0.717) is 32.2 Å². The van der Waals surface area contributed by atoms with E-state index in [1.807, 2.05) is 18.2 Å². The maximum atomic E-state index is 13.1. The lowest BCUT2D eigenvalue weighted by Crippen LogP contribution is -2.24. The van der Waals surface area contributed by atoms with Crippen molar-refractivity contribution < 1.29 is 9.59 Å². The lowest BCUT2D eigenvalue weighted by Gasteiger charge is -2.08. The third-order valence-corrected chi connectivity index (χ3v) is 10.9. The highest BCUT2D eigenvalue weighted by atomic mass is 16.2. The van der Waals surface area contributed by atoms with E-state index in [1.165, 1.54) is 38.5 Å². The summed E-state index contributed by atoms with van der Waals surface area (Å²) in [5, 5.41) is 5.91. The number of hydrogen-bond donors (Lipinski definition) is 4. The second kappa shape index (κ2) is 18.2. The number of nitrogens with zero attached hydrogens (tertiary/aromatic N) is 2. The van der Waals surface area contributed by atoms with Crippen LogP contribution in [0.1, 0.15) is 143 Å². The Balaban J connectivity index is 1.56. The number of carbonyl (C=O) groups excluding carboxylic acids is 2. The van der Waals surface area contributed by atoms with Gasteiger partial charge in [-0.15, -0.1) is 0 Å². The van der Waals surface area contributed by atoms with Crippen molar-refractivity contribution in [3.8, 4) is 0 Å². The van der Waals surface area contributed by atoms with Crippen molar-refractivity contribution >= 4 is 68.3 Å². The van der Waals surface area contributed by atoms with E-state index in [-0.39, 0.29) is 11.8 Å². The molecular formula is C45H58N6O2. The van der Waals surface area contributed by atoms with Gasteiger partial charge in [0.15, 0.2) is 0 Å². The summed E-state index contributed by atoms with van der Waals surface area (Å²) in [6.45, 7) is 19.6. The number of fused-ring (bicyclic) bond motifs is 8. The van der Waals surface area contributed by atoms with Crippen LogP contribution >= 0.6 is 0 Å². The quantitative estimate of drug-likeness (QED) is 0.104. The van der Waals surface area contributed by atoms with Crippen molar-refractivity contribution in [3.05, 3.63) is 82.5 Å². The minimum atomic E-state index is -0.0215. The van der Waals surface area contributed by atoms with Gasteiger partial charge in [-0.3, -0.25) is 9.59 Å². The Bertz CT molecular complexity index is 2110. The van der Waals surface area contributed by atoms with Gasteiger partial charge in [-0.05, 0) is 105 Å². The largest absolute Gasteiger partial charge is 0.359 e. The number of amides is 2. The molecule has 3 aromatic rings. The minimum Gasteiger partial charge on any atom is -0.359 e. The van der Waals surface area contributed by atoms with Gasteiger partial charge in [0, 0.05) is 59.6 Å². The molecule has 0 atom stereocenters. The van der Waals surface area contributed by atoms with Crippen LogP contribution in [-0.4, -0.2) is 45.3 Å². The Morgan fingerprint density at radius 3 is 1.64 bits per heavy atom. The van der Waals surface area contributed by atoms with Gasteiger partial charge in [-0.25, -0.2) is 9.97 Å². The molecular weight excluding hydrogens is 657 g/mol. The number of H-pyrrole nitrogens is 2. The second-order valence-electron chi connectivity index (χ2n) is 14.4. The van der Waals surface area contributed by atoms with Gasteiger partial charge < -0.3 is 20.6 Å². The van der Waals surface area contributed by atoms with Crippen LogP contribution in [0.15, 0.2) is 37.4 Å². The first-order chi connectivity index (χ1) is 25.6. The highest BCUT2D eigenvalue weighted by Crippen LogP contribution is 2.38. The number of allylic oxidation sites excluding steroid dienone is 4. The van der Waals surface area contributed by atoms with Crippen LogP contribution < -0.4 is 10.6 Å². The molecule has 0 aromatic carbocycles. The summed E-state index contributed by atoms with van der Waals surface area (Å²) in [5.74, 6) is 0.0372. The molecule has 8 nitrogen and oxygen atoms in total. The zero-order chi connectivity index (χ0) is 38.1. The molecule has 8 bridgehead atoms. The van der Waals surface area contributed by atoms with Crippen LogP contribution in [0.3, 0.4) is 0 Å². The number of hydrogen-bond acceptors (Lipinski definition) is 4. The molecule has 5 rings (SSSR count). The van der Waals surface area contributed by atoms with E-state index in [4.69, 9.17) is 9.97 Å². The first-order valence-corrected chi connectivity index (χ1v) is 19.5. The highest BCUT2D eigenvalue weighted by molar-refractivity contribution is 5.97. The molecule has 0 aliphatic carbocycles. The Kier molecular flexibility index (Phi) is 13.5. The summed E-state index contributed by atoms with van der Waals surface area (Å²) in [6.07, 6.45) is 15.5. The monoisotopic (exact) mass is 714 g/mol. The molecule has 2 aliphatic rings. The Hall–Kier alpha value is -4.98. The number of unbranched alkanes of at least 4 members (excludes halogenated alkanes) is 7. The number of aromatic amines is 2. The topological polar surface area (TPSA) is 116 Å². The van der Waals surface area contributed by atoms with Gasteiger partial charge in [0.2, 0.25) is 11.8 Å². The Labute approximate surface area is 315 Å². The van der Waals surface area contributed by atoms with E-state index in [0.717, 1.165) is 102 Å². The van der Waals surface area contributed by atoms with Crippen LogP contribution in [0.25, 0.3) is 56.5 Å². The summed E-state index contributed by atoms with van der Waals surface area (Å²) in [4.78, 5) is 43.1. The van der Waals surface area contributed by atoms with Crippen LogP contribution in [0, 0.1) is 13.8 Å². The van der Waals surface area contributed by atoms with Crippen molar-refractivity contribution in [2.24, 2.45) is 0 Å². The van der Waals surface area contributed by atoms with Gasteiger partial charge in [0.25, 0.3) is 0 Å². The molecule has 4 N–H and O–H groups in total. The van der Waals surface area contributed by atoms with Gasteiger partial charge in [0.05, 0.1) is 22.8 Å². The Morgan fingerprint density at radius 1 is 0.642 bits per heavy atom. The molecule has 0 saturated heterocycles. The number of aryl methyl sites for hydroxylation is 2. The third-order valence-electron chi connectivity index (χ3n) is 10.9. The molecule has 280 valence electrons. The molecule has 2 amide bonds. The first-order valence-electron chi connectivity index (χ1n) is 19.5. The van der Waals surface area contributed by atoms with E-state index >= 15 is 0 Å². The molecule has 0 spiro atoms. The standard InChI is InChI=1S/C45H58N6O2/c1-9-12-13-14-15-16-17-18-23-47-45(53)22-20-35-30(6)37-24-36-28(4)32(10-2)40(48-36)25-38-29(5)33(11-3)41(49-38)26-39-31(7)34(19-21-44(52)46-8)42(51-39)27-43(35)50-37/h10-11,24-27,48-49H,2-3,9,12-23H2,1,4-8H3,(H,46,52)(H,47,53). The predicted octanol–water partition coefficient (Wildman–Crippen LogP) is 10.6. The average molecular weight is 715 g/mol. The molecule has 5 heterocycles. The normalized spacial score (nSPS) is 12.7. The molecule has 2 aliphatic heterocycles. The van der Waals surface area contributed by atoms with Crippen molar-refractivity contribution in [3.63, 3.8) is 0 Å². The lowest BCUT2D eigenvalue weighted by atomic mass is 9.98. The fraction of sp³-hybridized carbons (Fsp3) is 0.422. The summed E-state index contributed by atoms with van der Waals surface area (Å²) in [7, 11) is 1.66. The van der Waals surface area contributed by atoms with E-state index in [2.05, 4.69) is 86.6 Å². The maximum absolute atomic E-state index is 13.1. The lowest BCUT2D eigenvalue weighted by molar-refractivity contribution is -0.121. The molecule has 3 aromatic heterocycles. The zero-order valence-corrected chi connectivity index (χ0v) is 32.8. The minimum absolute atomic E-state index is 0.0215. The summed E-state index contributed by atoms with van der Waals surface area (Å²) >= 11 is 0. The van der Waals surface area contributed by atoms with Crippen molar-refractivity contribution in [1.82, 2.24) is 30.6 Å². The van der Waals surface area contributed by atoms with Crippen molar-refractivity contribution in [1.29, 1.82) is 0 Å². The molecule has 0 unspecified atom stereocenters. The van der Waals surface area contributed by atoms with Crippen LogP contribution in [0.5, 0.6) is 0 Å². The van der Waals surface area contributed by atoms with E-state index < -0.39 is 0 Å². The SMILES string of the molecule is C=Cc1c(C)c2cc3[nH]c(cc4nc(cc5nc(cc1[nH]2)C(C)=C5CCC(=O)NC)C(CCC(=O)NCCCCCCCCCC)=C4C)c(C)c3C=C. The molecule has 53 heavy (non-hydrogen) atoms. The fourth-order valence-electron chi connectivity index (χ4n) is 7.48. The number of carbonyl (C=O) groups is 2. The summed E-state index contributed by atoms with van der Waals surface area (Å²) in [5.41, 5.74) is 15.4. The average Bonchev–Trinajstić information content (AvgIpc) is 3.81. The Morgan fingerprint density at radius 2 is 1.11 bits per heavy atom. The maximum Gasteiger partial charge on any atom is 0.220 e. The van der Waals surface area contributed by atoms with Gasteiger partial charge in [-0.2, -0.15) is 0 Å². The number of nitrogens with one attached hydrogen (secondary N) is 4. The zero-order valence-electron chi connectivity index (χ0n) is 32.8. The summed E-state index contributed by atoms with van der Waals surface area (Å²) in [6, 6.07) is 8.34. The van der Waals surface area contributed by atoms with E-state index in [9.17, 15) is 9.59 Å². The number of aromatic nitrogens is 4. The molecule has 0 saturated carbocycles. The van der Waals surface area contributed by atoms with Crippen molar-refractivity contribution in [2.75, 3.05) is 13.6 Å². The van der Waals surface area contributed by atoms with Crippen LogP contribution in [0.2, 0.25) is 0 Å². The van der Waals surface area contributed by atoms with E-state index in [1.54, 1.807) is 7.05 Å². The number of rotatable bonds is 17. The third kappa shape index (κ3) is 9.16. The predicted molar refractivity (Wildman–Crippen MR) is 224 cm³/mol. The van der Waals surface area contributed by atoms with Gasteiger partial charge >= 0.3 is 0 Å².